The lowest BCUT2D eigenvalue weighted by Crippen LogP contribution is -2.23. The van der Waals surface area contributed by atoms with Crippen molar-refractivity contribution in [2.24, 2.45) is 0 Å². The standard InChI is InChI=1S/C12H14F3NO2/c1-6-7(10(17)18)5-8(12(13,14)15)9(16-6)11(2,3)4/h5H,1-4H3,(H,17,18). The summed E-state index contributed by atoms with van der Waals surface area (Å²) in [6.45, 7) is 6.19. The van der Waals surface area contributed by atoms with Gasteiger partial charge in [-0.15, -0.1) is 0 Å². The molecule has 0 atom stereocenters. The summed E-state index contributed by atoms with van der Waals surface area (Å²) in [7, 11) is 0. The topological polar surface area (TPSA) is 50.2 Å². The van der Waals surface area contributed by atoms with E-state index >= 15 is 0 Å². The van der Waals surface area contributed by atoms with E-state index < -0.39 is 28.7 Å². The van der Waals surface area contributed by atoms with Gasteiger partial charge in [0.1, 0.15) is 0 Å². The average Bonchev–Trinajstić information content (AvgIpc) is 2.13. The predicted octanol–water partition coefficient (Wildman–Crippen LogP) is 3.40. The van der Waals surface area contributed by atoms with Crippen LogP contribution >= 0.6 is 0 Å². The Morgan fingerprint density at radius 1 is 1.28 bits per heavy atom. The Hall–Kier alpha value is -1.59. The van der Waals surface area contributed by atoms with Crippen LogP contribution in [0.15, 0.2) is 6.07 Å². The summed E-state index contributed by atoms with van der Waals surface area (Å²) in [5.41, 5.74) is -2.28. The summed E-state index contributed by atoms with van der Waals surface area (Å²) < 4.78 is 38.8. The molecule has 0 saturated heterocycles. The second kappa shape index (κ2) is 4.26. The molecule has 0 unspecified atom stereocenters. The smallest absolute Gasteiger partial charge is 0.418 e. The Morgan fingerprint density at radius 2 is 1.78 bits per heavy atom. The molecule has 0 fully saturated rings. The van der Waals surface area contributed by atoms with E-state index in [0.717, 1.165) is 0 Å². The predicted molar refractivity (Wildman–Crippen MR) is 59.6 cm³/mol. The Labute approximate surface area is 103 Å². The van der Waals surface area contributed by atoms with Crippen LogP contribution in [0.5, 0.6) is 0 Å². The van der Waals surface area contributed by atoms with Crippen molar-refractivity contribution in [3.63, 3.8) is 0 Å². The summed E-state index contributed by atoms with van der Waals surface area (Å²) in [6, 6.07) is 0.658. The first kappa shape index (κ1) is 14.5. The van der Waals surface area contributed by atoms with Gasteiger partial charge >= 0.3 is 12.1 Å². The zero-order chi connectivity index (χ0) is 14.3. The molecule has 0 aliphatic carbocycles. The molecule has 1 rings (SSSR count). The summed E-state index contributed by atoms with van der Waals surface area (Å²) in [6.07, 6.45) is -4.62. The van der Waals surface area contributed by atoms with Crippen molar-refractivity contribution < 1.29 is 23.1 Å². The Balaban J connectivity index is 3.64. The molecule has 0 aliphatic rings. The van der Waals surface area contributed by atoms with Gasteiger partial charge in [0.15, 0.2) is 0 Å². The lowest BCUT2D eigenvalue weighted by molar-refractivity contribution is -0.139. The number of carboxylic acids is 1. The largest absolute Gasteiger partial charge is 0.478 e. The van der Waals surface area contributed by atoms with Crippen LogP contribution in [0.1, 0.15) is 48.1 Å². The monoisotopic (exact) mass is 261 g/mol. The van der Waals surface area contributed by atoms with Crippen LogP contribution in [0, 0.1) is 6.92 Å². The van der Waals surface area contributed by atoms with Crippen molar-refractivity contribution in [3.05, 3.63) is 28.6 Å². The van der Waals surface area contributed by atoms with E-state index in [1.54, 1.807) is 20.8 Å². The quantitative estimate of drug-likeness (QED) is 0.842. The zero-order valence-corrected chi connectivity index (χ0v) is 10.5. The van der Waals surface area contributed by atoms with E-state index in [1.165, 1.54) is 6.92 Å². The maximum atomic E-state index is 12.9. The first-order chi connectivity index (χ1) is 7.94. The molecule has 18 heavy (non-hydrogen) atoms. The zero-order valence-electron chi connectivity index (χ0n) is 10.5. The first-order valence-electron chi connectivity index (χ1n) is 5.27. The minimum atomic E-state index is -4.62. The van der Waals surface area contributed by atoms with Crippen LogP contribution in [-0.4, -0.2) is 16.1 Å². The molecule has 1 aromatic heterocycles. The summed E-state index contributed by atoms with van der Waals surface area (Å²) in [5, 5.41) is 8.84. The lowest BCUT2D eigenvalue weighted by atomic mass is 9.87. The van der Waals surface area contributed by atoms with E-state index in [0.29, 0.717) is 6.07 Å². The molecule has 0 aromatic carbocycles. The van der Waals surface area contributed by atoms with Crippen molar-refractivity contribution >= 4 is 5.97 Å². The number of nitrogens with zero attached hydrogens (tertiary/aromatic N) is 1. The number of carboxylic acid groups (broad SMARTS) is 1. The first-order valence-corrected chi connectivity index (χ1v) is 5.27. The van der Waals surface area contributed by atoms with Crippen molar-refractivity contribution in [1.29, 1.82) is 0 Å². The second-order valence-corrected chi connectivity index (χ2v) is 5.07. The van der Waals surface area contributed by atoms with Gasteiger partial charge < -0.3 is 5.11 Å². The number of hydrogen-bond donors (Lipinski definition) is 1. The highest BCUT2D eigenvalue weighted by atomic mass is 19.4. The third kappa shape index (κ3) is 2.80. The molecule has 1 heterocycles. The lowest BCUT2D eigenvalue weighted by Gasteiger charge is -2.24. The van der Waals surface area contributed by atoms with Crippen molar-refractivity contribution in [3.8, 4) is 0 Å². The number of aryl methyl sites for hydroxylation is 1. The molecular formula is C12H14F3NO2. The van der Waals surface area contributed by atoms with E-state index in [2.05, 4.69) is 4.98 Å². The van der Waals surface area contributed by atoms with Crippen LogP contribution in [0.2, 0.25) is 0 Å². The number of pyridine rings is 1. The van der Waals surface area contributed by atoms with Gasteiger partial charge in [-0.05, 0) is 13.0 Å². The van der Waals surface area contributed by atoms with Crippen molar-refractivity contribution in [2.45, 2.75) is 39.3 Å². The molecule has 0 bridgehead atoms. The minimum absolute atomic E-state index is 0.0837. The molecular weight excluding hydrogens is 247 g/mol. The van der Waals surface area contributed by atoms with Gasteiger partial charge in [0, 0.05) is 5.41 Å². The number of aromatic nitrogens is 1. The highest BCUT2D eigenvalue weighted by Crippen LogP contribution is 2.37. The molecule has 3 nitrogen and oxygen atoms in total. The van der Waals surface area contributed by atoms with E-state index in [-0.39, 0.29) is 11.4 Å². The molecule has 0 aliphatic heterocycles. The van der Waals surface area contributed by atoms with Gasteiger partial charge in [0.25, 0.3) is 0 Å². The highest BCUT2D eigenvalue weighted by molar-refractivity contribution is 5.89. The average molecular weight is 261 g/mol. The van der Waals surface area contributed by atoms with Gasteiger partial charge in [0.05, 0.1) is 22.5 Å². The van der Waals surface area contributed by atoms with Gasteiger partial charge in [0.2, 0.25) is 0 Å². The summed E-state index contributed by atoms with van der Waals surface area (Å²) in [5.74, 6) is -1.41. The number of carbonyl (C=O) groups is 1. The van der Waals surface area contributed by atoms with Gasteiger partial charge in [-0.2, -0.15) is 13.2 Å². The summed E-state index contributed by atoms with van der Waals surface area (Å²) >= 11 is 0. The fourth-order valence-corrected chi connectivity index (χ4v) is 1.61. The Kier molecular flexibility index (Phi) is 3.42. The normalized spacial score (nSPS) is 12.6. The van der Waals surface area contributed by atoms with Gasteiger partial charge in [-0.3, -0.25) is 4.98 Å². The van der Waals surface area contributed by atoms with Crippen molar-refractivity contribution in [1.82, 2.24) is 4.98 Å². The number of alkyl halides is 3. The number of hydrogen-bond acceptors (Lipinski definition) is 2. The molecule has 1 N–H and O–H groups in total. The van der Waals surface area contributed by atoms with Crippen LogP contribution in [0.3, 0.4) is 0 Å². The third-order valence-corrected chi connectivity index (χ3v) is 2.46. The maximum Gasteiger partial charge on any atom is 0.418 e. The SMILES string of the molecule is Cc1nc(C(C)(C)C)c(C(F)(F)F)cc1C(=O)O. The van der Waals surface area contributed by atoms with E-state index in [9.17, 15) is 18.0 Å². The second-order valence-electron chi connectivity index (χ2n) is 5.07. The Bertz CT molecular complexity index is 487. The third-order valence-electron chi connectivity index (χ3n) is 2.46. The van der Waals surface area contributed by atoms with Crippen LogP contribution < -0.4 is 0 Å². The molecule has 100 valence electrons. The number of aromatic carboxylic acids is 1. The minimum Gasteiger partial charge on any atom is -0.478 e. The van der Waals surface area contributed by atoms with Crippen LogP contribution in [0.25, 0.3) is 0 Å². The van der Waals surface area contributed by atoms with E-state index in [1.807, 2.05) is 0 Å². The van der Waals surface area contributed by atoms with Crippen LogP contribution in [0.4, 0.5) is 13.2 Å². The molecule has 0 amide bonds. The molecule has 0 saturated carbocycles. The molecule has 0 radical (unpaired) electrons. The fraction of sp³-hybridized carbons (Fsp3) is 0.500. The highest BCUT2D eigenvalue weighted by Gasteiger charge is 2.38. The molecule has 6 heteroatoms. The Morgan fingerprint density at radius 3 is 2.11 bits per heavy atom. The number of halogens is 3. The van der Waals surface area contributed by atoms with Crippen molar-refractivity contribution in [2.75, 3.05) is 0 Å². The number of rotatable bonds is 1. The van der Waals surface area contributed by atoms with Crippen LogP contribution in [-0.2, 0) is 11.6 Å². The molecule has 0 spiro atoms. The summed E-state index contributed by atoms with van der Waals surface area (Å²) in [4.78, 5) is 14.7. The van der Waals surface area contributed by atoms with Gasteiger partial charge in [-0.1, -0.05) is 20.8 Å². The van der Waals surface area contributed by atoms with E-state index in [4.69, 9.17) is 5.11 Å². The molecule has 1 aromatic rings. The fourth-order valence-electron chi connectivity index (χ4n) is 1.61. The maximum absolute atomic E-state index is 12.9. The van der Waals surface area contributed by atoms with Gasteiger partial charge in [-0.25, -0.2) is 4.79 Å².